The number of fused-ring (bicyclic) bond motifs is 1. The van der Waals surface area contributed by atoms with E-state index in [2.05, 4.69) is 29.9 Å². The second kappa shape index (κ2) is 12.1. The molecule has 0 spiro atoms. The predicted octanol–water partition coefficient (Wildman–Crippen LogP) is 7.09. The van der Waals surface area contributed by atoms with Gasteiger partial charge in [-0.1, -0.05) is 49.4 Å². The average Bonchev–Trinajstić information content (AvgIpc) is 3.46. The lowest BCUT2D eigenvalue weighted by atomic mass is 10.0. The number of likely N-dealkylation sites (tertiary alicyclic amines) is 1. The van der Waals surface area contributed by atoms with Crippen molar-refractivity contribution in [2.45, 2.75) is 77.4 Å². The molecule has 1 N–H and O–H groups in total. The largest absolute Gasteiger partial charge is 0.444 e. The van der Waals surface area contributed by atoms with Crippen molar-refractivity contribution in [1.82, 2.24) is 14.5 Å². The van der Waals surface area contributed by atoms with Crippen LogP contribution in [0.25, 0.3) is 22.2 Å². The highest BCUT2D eigenvalue weighted by molar-refractivity contribution is 6.76. The van der Waals surface area contributed by atoms with E-state index in [1.165, 1.54) is 6.07 Å². The minimum Gasteiger partial charge on any atom is -0.444 e. The molecule has 2 amide bonds. The Morgan fingerprint density at radius 2 is 1.90 bits per heavy atom. The van der Waals surface area contributed by atoms with Crippen molar-refractivity contribution >= 4 is 48.4 Å². The molecule has 0 bridgehead atoms. The summed E-state index contributed by atoms with van der Waals surface area (Å²) in [6, 6.07) is 7.94. The SMILES string of the molecule is CC(C)(C)OC(=O)N1C[C@H](F)C[C@H]1C(=O)Nc1cccc(-c2ccc3c(ncn3COCC[Si](C)(C)C)c2Cl)c1F. The second-order valence-corrected chi connectivity index (χ2v) is 18.5. The first-order chi connectivity index (χ1) is 19.1. The number of imidazole rings is 1. The first-order valence-corrected chi connectivity index (χ1v) is 17.7. The molecule has 2 heterocycles. The molecule has 1 aliphatic rings. The fraction of sp³-hybridized carbons (Fsp3) is 0.483. The number of benzene rings is 2. The fourth-order valence-electron chi connectivity index (χ4n) is 4.56. The molecule has 1 saturated heterocycles. The Kier molecular flexibility index (Phi) is 9.10. The zero-order valence-corrected chi connectivity index (χ0v) is 26.0. The van der Waals surface area contributed by atoms with E-state index in [9.17, 15) is 14.0 Å². The van der Waals surface area contributed by atoms with Gasteiger partial charge in [0, 0.05) is 32.2 Å². The van der Waals surface area contributed by atoms with Crippen molar-refractivity contribution in [2.75, 3.05) is 18.5 Å². The van der Waals surface area contributed by atoms with E-state index in [0.29, 0.717) is 24.4 Å². The molecule has 2 aromatic carbocycles. The smallest absolute Gasteiger partial charge is 0.411 e. The van der Waals surface area contributed by atoms with Crippen molar-refractivity contribution in [3.63, 3.8) is 0 Å². The van der Waals surface area contributed by atoms with Gasteiger partial charge in [0.25, 0.3) is 0 Å². The number of rotatable bonds is 8. The molecule has 4 rings (SSSR count). The van der Waals surface area contributed by atoms with Crippen LogP contribution in [0.3, 0.4) is 0 Å². The Hall–Kier alpha value is -3.02. The summed E-state index contributed by atoms with van der Waals surface area (Å²) < 4.78 is 43.0. The van der Waals surface area contributed by atoms with Gasteiger partial charge < -0.3 is 19.4 Å². The number of hydrogen-bond donors (Lipinski definition) is 1. The first-order valence-electron chi connectivity index (χ1n) is 13.6. The maximum atomic E-state index is 15.8. The minimum atomic E-state index is -1.40. The number of carbonyl (C=O) groups excluding carboxylic acids is 2. The van der Waals surface area contributed by atoms with Gasteiger partial charge in [-0.05, 0) is 38.9 Å². The molecule has 8 nitrogen and oxygen atoms in total. The molecule has 12 heteroatoms. The van der Waals surface area contributed by atoms with E-state index in [1.807, 2.05) is 4.57 Å². The van der Waals surface area contributed by atoms with Gasteiger partial charge in [0.1, 0.15) is 30.1 Å². The summed E-state index contributed by atoms with van der Waals surface area (Å²) in [4.78, 5) is 31.2. The summed E-state index contributed by atoms with van der Waals surface area (Å²) in [6.07, 6.45) is -0.768. The summed E-state index contributed by atoms with van der Waals surface area (Å²) >= 11 is 6.70. The van der Waals surface area contributed by atoms with Crippen LogP contribution in [0, 0.1) is 5.82 Å². The summed E-state index contributed by atoms with van der Waals surface area (Å²) in [7, 11) is -1.21. The van der Waals surface area contributed by atoms with Crippen LogP contribution in [0.15, 0.2) is 36.7 Å². The number of anilines is 1. The van der Waals surface area contributed by atoms with E-state index in [-0.39, 0.29) is 29.2 Å². The van der Waals surface area contributed by atoms with Crippen molar-refractivity contribution in [3.8, 4) is 11.1 Å². The van der Waals surface area contributed by atoms with Gasteiger partial charge in [-0.2, -0.15) is 0 Å². The maximum absolute atomic E-state index is 15.8. The summed E-state index contributed by atoms with van der Waals surface area (Å²) in [6.45, 7) is 12.6. The van der Waals surface area contributed by atoms with Crippen LogP contribution in [-0.4, -0.2) is 65.5 Å². The lowest BCUT2D eigenvalue weighted by Gasteiger charge is -2.27. The summed E-state index contributed by atoms with van der Waals surface area (Å²) in [5.41, 5.74) is 0.883. The third kappa shape index (κ3) is 7.44. The third-order valence-electron chi connectivity index (χ3n) is 6.68. The Morgan fingerprint density at radius 3 is 2.59 bits per heavy atom. The van der Waals surface area contributed by atoms with Crippen molar-refractivity contribution in [2.24, 2.45) is 0 Å². The molecule has 0 saturated carbocycles. The van der Waals surface area contributed by atoms with Crippen molar-refractivity contribution in [3.05, 3.63) is 47.5 Å². The molecule has 41 heavy (non-hydrogen) atoms. The zero-order valence-electron chi connectivity index (χ0n) is 24.3. The van der Waals surface area contributed by atoms with Gasteiger partial charge in [-0.25, -0.2) is 18.6 Å². The molecular weight excluding hydrogens is 570 g/mol. The lowest BCUT2D eigenvalue weighted by Crippen LogP contribution is -2.45. The first kappa shape index (κ1) is 30.9. The number of nitrogens with one attached hydrogen (secondary N) is 1. The zero-order chi connectivity index (χ0) is 30.1. The van der Waals surface area contributed by atoms with Crippen LogP contribution < -0.4 is 5.32 Å². The number of carbonyl (C=O) groups is 2. The third-order valence-corrected chi connectivity index (χ3v) is 8.77. The van der Waals surface area contributed by atoms with Crippen molar-refractivity contribution in [1.29, 1.82) is 0 Å². The standard InChI is InChI=1S/C29H37ClF2N4O4Si/c1-29(2,3)40-28(38)36-15-18(31)14-23(36)27(37)34-21-9-7-8-20(25(21)32)19-10-11-22-26(24(19)30)33-16-35(22)17-39-12-13-41(4,5)6/h7-11,16,18,23H,12-15,17H2,1-6H3,(H,34,37)/t18-,23+/m1/s1. The van der Waals surface area contributed by atoms with Crippen LogP contribution in [-0.2, 0) is 21.0 Å². The molecule has 0 radical (unpaired) electrons. The Labute approximate surface area is 245 Å². The molecule has 1 fully saturated rings. The van der Waals surface area contributed by atoms with Crippen LogP contribution in [0.4, 0.5) is 19.3 Å². The number of nitrogens with zero attached hydrogens (tertiary/aromatic N) is 3. The molecule has 2 atom stereocenters. The quantitative estimate of drug-likeness (QED) is 0.218. The van der Waals surface area contributed by atoms with Crippen LogP contribution in [0.2, 0.25) is 30.7 Å². The Balaban J connectivity index is 1.53. The highest BCUT2D eigenvalue weighted by Crippen LogP contribution is 2.37. The average molecular weight is 607 g/mol. The lowest BCUT2D eigenvalue weighted by molar-refractivity contribution is -0.120. The minimum absolute atomic E-state index is 0.114. The molecule has 0 unspecified atom stereocenters. The summed E-state index contributed by atoms with van der Waals surface area (Å²) in [5.74, 6) is -1.42. The monoisotopic (exact) mass is 606 g/mol. The van der Waals surface area contributed by atoms with Gasteiger partial charge in [-0.15, -0.1) is 0 Å². The predicted molar refractivity (Wildman–Crippen MR) is 159 cm³/mol. The van der Waals surface area contributed by atoms with Gasteiger partial charge >= 0.3 is 6.09 Å². The molecule has 222 valence electrons. The normalized spacial score (nSPS) is 17.7. The van der Waals surface area contributed by atoms with Crippen LogP contribution >= 0.6 is 11.6 Å². The molecule has 3 aromatic rings. The van der Waals surface area contributed by atoms with E-state index >= 15 is 4.39 Å². The number of alkyl halides is 1. The van der Waals surface area contributed by atoms with Gasteiger partial charge in [0.05, 0.1) is 29.1 Å². The molecular formula is C29H37ClF2N4O4Si. The van der Waals surface area contributed by atoms with Gasteiger partial charge in [-0.3, -0.25) is 9.69 Å². The fourth-order valence-corrected chi connectivity index (χ4v) is 5.63. The highest BCUT2D eigenvalue weighted by Gasteiger charge is 2.42. The highest BCUT2D eigenvalue weighted by atomic mass is 35.5. The van der Waals surface area contributed by atoms with Crippen molar-refractivity contribution < 1.29 is 27.8 Å². The molecule has 1 aromatic heterocycles. The Morgan fingerprint density at radius 1 is 1.17 bits per heavy atom. The van der Waals surface area contributed by atoms with E-state index in [0.717, 1.165) is 16.5 Å². The molecule has 0 aliphatic carbocycles. The van der Waals surface area contributed by atoms with Crippen LogP contribution in [0.1, 0.15) is 27.2 Å². The summed E-state index contributed by atoms with van der Waals surface area (Å²) in [5, 5.41) is 2.79. The maximum Gasteiger partial charge on any atom is 0.411 e. The van der Waals surface area contributed by atoms with E-state index in [4.69, 9.17) is 21.1 Å². The van der Waals surface area contributed by atoms with Crippen LogP contribution in [0.5, 0.6) is 0 Å². The number of hydrogen-bond acceptors (Lipinski definition) is 5. The molecule has 1 aliphatic heterocycles. The number of aromatic nitrogens is 2. The second-order valence-electron chi connectivity index (χ2n) is 12.5. The number of amides is 2. The van der Waals surface area contributed by atoms with Gasteiger partial charge in [0.15, 0.2) is 5.82 Å². The number of halogens is 3. The van der Waals surface area contributed by atoms with Gasteiger partial charge in [0.2, 0.25) is 5.91 Å². The number of ether oxygens (including phenoxy) is 2. The van der Waals surface area contributed by atoms with E-state index in [1.54, 1.807) is 51.4 Å². The van der Waals surface area contributed by atoms with E-state index < -0.39 is 43.7 Å². The Bertz CT molecular complexity index is 1440. The topological polar surface area (TPSA) is 85.7 Å².